The van der Waals surface area contributed by atoms with E-state index in [0.717, 1.165) is 60.1 Å². The largest absolute Gasteiger partial charge is 0.379 e. The molecule has 1 aliphatic rings. The van der Waals surface area contributed by atoms with Crippen molar-refractivity contribution < 1.29 is 9.53 Å². The number of thiazole rings is 1. The van der Waals surface area contributed by atoms with Gasteiger partial charge in [0.2, 0.25) is 0 Å². The molecule has 1 fully saturated rings. The van der Waals surface area contributed by atoms with E-state index in [1.54, 1.807) is 11.3 Å². The fourth-order valence-corrected chi connectivity index (χ4v) is 5.09. The van der Waals surface area contributed by atoms with Gasteiger partial charge in [0, 0.05) is 37.2 Å². The number of nitrogens with zero attached hydrogens (tertiary/aromatic N) is 2. The van der Waals surface area contributed by atoms with Crippen LogP contribution in [0.1, 0.15) is 27.0 Å². The molecule has 4 aromatic rings. The lowest BCUT2D eigenvalue weighted by atomic mass is 10.0. The summed E-state index contributed by atoms with van der Waals surface area (Å²) in [6, 6.07) is 22.6. The Hall–Kier alpha value is -2.86. The summed E-state index contributed by atoms with van der Waals surface area (Å²) in [6.07, 6.45) is 0.405. The number of morpholine rings is 1. The SMILES string of the molecule is Cc1ccc2nc(-c3ccc(CC(=O)c4ccc(CN5CCOCC5)cc4)cc3)sc2c1. The Labute approximate surface area is 192 Å². The molecule has 0 aliphatic carbocycles. The minimum Gasteiger partial charge on any atom is -0.379 e. The highest BCUT2D eigenvalue weighted by Gasteiger charge is 2.12. The van der Waals surface area contributed by atoms with Crippen molar-refractivity contribution in [2.75, 3.05) is 26.3 Å². The predicted molar refractivity (Wildman–Crippen MR) is 130 cm³/mol. The molecule has 0 amide bonds. The molecule has 1 saturated heterocycles. The number of carbonyl (C=O) groups is 1. The van der Waals surface area contributed by atoms with Crippen molar-refractivity contribution >= 4 is 27.3 Å². The second-order valence-corrected chi connectivity index (χ2v) is 9.40. The van der Waals surface area contributed by atoms with E-state index in [-0.39, 0.29) is 5.78 Å². The van der Waals surface area contributed by atoms with E-state index in [0.29, 0.717) is 6.42 Å². The highest BCUT2D eigenvalue weighted by molar-refractivity contribution is 7.21. The molecule has 0 bridgehead atoms. The summed E-state index contributed by atoms with van der Waals surface area (Å²) in [5.41, 5.74) is 6.39. The molecule has 0 radical (unpaired) electrons. The van der Waals surface area contributed by atoms with Gasteiger partial charge in [-0.25, -0.2) is 4.98 Å². The summed E-state index contributed by atoms with van der Waals surface area (Å²) in [7, 11) is 0. The van der Waals surface area contributed by atoms with Gasteiger partial charge < -0.3 is 4.74 Å². The predicted octanol–water partition coefficient (Wildman–Crippen LogP) is 5.53. The topological polar surface area (TPSA) is 42.4 Å². The molecule has 1 aliphatic heterocycles. The first-order chi connectivity index (χ1) is 15.6. The average Bonchev–Trinajstić information content (AvgIpc) is 3.24. The fourth-order valence-electron chi connectivity index (χ4n) is 4.02. The molecule has 162 valence electrons. The number of benzene rings is 3. The standard InChI is InChI=1S/C27H26N2O2S/c1-19-2-11-24-26(16-19)32-27(28-24)23-9-3-20(4-10-23)17-25(30)22-7-5-21(6-8-22)18-29-12-14-31-15-13-29/h2-11,16H,12-15,17-18H2,1H3. The first-order valence-electron chi connectivity index (χ1n) is 11.0. The number of hydrogen-bond acceptors (Lipinski definition) is 5. The molecule has 1 aromatic heterocycles. The van der Waals surface area contributed by atoms with Crippen molar-refractivity contribution in [2.45, 2.75) is 19.9 Å². The molecule has 0 N–H and O–H groups in total. The number of aromatic nitrogens is 1. The van der Waals surface area contributed by atoms with Crippen molar-refractivity contribution in [2.24, 2.45) is 0 Å². The maximum atomic E-state index is 12.8. The van der Waals surface area contributed by atoms with Crippen molar-refractivity contribution in [1.29, 1.82) is 0 Å². The van der Waals surface area contributed by atoms with Crippen LogP contribution in [-0.4, -0.2) is 42.0 Å². The Kier molecular flexibility index (Phi) is 6.12. The minimum absolute atomic E-state index is 0.145. The molecular formula is C27H26N2O2S. The Bertz CT molecular complexity index is 1220. The number of hydrogen-bond donors (Lipinski definition) is 0. The molecule has 5 rings (SSSR count). The Morgan fingerprint density at radius 2 is 1.69 bits per heavy atom. The first-order valence-corrected chi connectivity index (χ1v) is 11.8. The van der Waals surface area contributed by atoms with Crippen LogP contribution < -0.4 is 0 Å². The van der Waals surface area contributed by atoms with E-state index >= 15 is 0 Å². The van der Waals surface area contributed by atoms with Crippen molar-refractivity contribution in [3.63, 3.8) is 0 Å². The number of ether oxygens (including phenoxy) is 1. The van der Waals surface area contributed by atoms with E-state index in [4.69, 9.17) is 9.72 Å². The van der Waals surface area contributed by atoms with E-state index in [2.05, 4.69) is 54.3 Å². The fraction of sp³-hybridized carbons (Fsp3) is 0.259. The summed E-state index contributed by atoms with van der Waals surface area (Å²) in [4.78, 5) is 19.9. The number of fused-ring (bicyclic) bond motifs is 1. The van der Waals surface area contributed by atoms with E-state index in [9.17, 15) is 4.79 Å². The molecule has 4 nitrogen and oxygen atoms in total. The van der Waals surface area contributed by atoms with Crippen molar-refractivity contribution in [3.05, 3.63) is 89.0 Å². The van der Waals surface area contributed by atoms with Crippen molar-refractivity contribution in [1.82, 2.24) is 9.88 Å². The lowest BCUT2D eigenvalue weighted by molar-refractivity contribution is 0.0342. The monoisotopic (exact) mass is 442 g/mol. The van der Waals surface area contributed by atoms with Gasteiger partial charge in [0.25, 0.3) is 0 Å². The highest BCUT2D eigenvalue weighted by atomic mass is 32.1. The van der Waals surface area contributed by atoms with Crippen LogP contribution in [0.25, 0.3) is 20.8 Å². The van der Waals surface area contributed by atoms with Crippen LogP contribution in [0, 0.1) is 6.92 Å². The van der Waals surface area contributed by atoms with E-state index in [1.165, 1.54) is 15.8 Å². The Balaban J connectivity index is 1.23. The van der Waals surface area contributed by atoms with Gasteiger partial charge in [-0.2, -0.15) is 0 Å². The molecule has 0 unspecified atom stereocenters. The summed E-state index contributed by atoms with van der Waals surface area (Å²) < 4.78 is 6.61. The minimum atomic E-state index is 0.145. The van der Waals surface area contributed by atoms with Gasteiger partial charge in [-0.3, -0.25) is 9.69 Å². The number of rotatable bonds is 6. The second kappa shape index (κ2) is 9.33. The maximum Gasteiger partial charge on any atom is 0.167 e. The molecule has 5 heteroatoms. The van der Waals surface area contributed by atoms with Gasteiger partial charge in [0.05, 0.1) is 23.4 Å². The third kappa shape index (κ3) is 4.80. The lowest BCUT2D eigenvalue weighted by Crippen LogP contribution is -2.35. The molecule has 0 saturated carbocycles. The van der Waals surface area contributed by atoms with Gasteiger partial charge in [-0.15, -0.1) is 11.3 Å². The zero-order chi connectivity index (χ0) is 21.9. The quantitative estimate of drug-likeness (QED) is 0.368. The van der Waals surface area contributed by atoms with Crippen molar-refractivity contribution in [3.8, 4) is 10.6 Å². The third-order valence-electron chi connectivity index (χ3n) is 5.90. The molecule has 3 aromatic carbocycles. The van der Waals surface area contributed by atoms with Crippen LogP contribution in [0.4, 0.5) is 0 Å². The summed E-state index contributed by atoms with van der Waals surface area (Å²) >= 11 is 1.71. The van der Waals surface area contributed by atoms with Crippen LogP contribution >= 0.6 is 11.3 Å². The summed E-state index contributed by atoms with van der Waals surface area (Å²) in [5.74, 6) is 0.145. The normalized spacial score (nSPS) is 14.7. The van der Waals surface area contributed by atoms with Crippen LogP contribution in [0.15, 0.2) is 66.7 Å². The average molecular weight is 443 g/mol. The van der Waals surface area contributed by atoms with E-state index < -0.39 is 0 Å². The summed E-state index contributed by atoms with van der Waals surface area (Å²) in [5, 5.41) is 1.01. The Morgan fingerprint density at radius 3 is 2.44 bits per heavy atom. The number of ketones is 1. The zero-order valence-corrected chi connectivity index (χ0v) is 19.0. The van der Waals surface area contributed by atoms with E-state index in [1.807, 2.05) is 24.3 Å². The smallest absolute Gasteiger partial charge is 0.167 e. The molecule has 0 atom stereocenters. The molecule has 2 heterocycles. The Morgan fingerprint density at radius 1 is 0.969 bits per heavy atom. The van der Waals surface area contributed by atoms with Gasteiger partial charge in [0.1, 0.15) is 5.01 Å². The van der Waals surface area contributed by atoms with Gasteiger partial charge in [-0.05, 0) is 35.7 Å². The highest BCUT2D eigenvalue weighted by Crippen LogP contribution is 2.31. The number of Topliss-reactive ketones (excluding diaryl/α,β-unsaturated/α-hetero) is 1. The second-order valence-electron chi connectivity index (χ2n) is 8.37. The third-order valence-corrected chi connectivity index (χ3v) is 6.96. The molecular weight excluding hydrogens is 416 g/mol. The van der Waals surface area contributed by atoms with Crippen LogP contribution in [0.5, 0.6) is 0 Å². The number of aryl methyl sites for hydroxylation is 1. The van der Waals surface area contributed by atoms with Crippen LogP contribution in [-0.2, 0) is 17.7 Å². The van der Waals surface area contributed by atoms with Crippen LogP contribution in [0.3, 0.4) is 0 Å². The zero-order valence-electron chi connectivity index (χ0n) is 18.2. The van der Waals surface area contributed by atoms with Crippen LogP contribution in [0.2, 0.25) is 0 Å². The van der Waals surface area contributed by atoms with Gasteiger partial charge in [0.15, 0.2) is 5.78 Å². The van der Waals surface area contributed by atoms with Gasteiger partial charge in [-0.1, -0.05) is 54.6 Å². The number of carbonyl (C=O) groups excluding carboxylic acids is 1. The molecule has 32 heavy (non-hydrogen) atoms. The molecule has 0 spiro atoms. The summed E-state index contributed by atoms with van der Waals surface area (Å²) in [6.45, 7) is 6.54. The first kappa shape index (κ1) is 21.0. The van der Waals surface area contributed by atoms with Gasteiger partial charge >= 0.3 is 0 Å². The lowest BCUT2D eigenvalue weighted by Gasteiger charge is -2.26. The maximum absolute atomic E-state index is 12.8.